The van der Waals surface area contributed by atoms with Crippen molar-refractivity contribution in [2.45, 2.75) is 13.8 Å². The zero-order valence-electron chi connectivity index (χ0n) is 14.4. The van der Waals surface area contributed by atoms with Crippen LogP contribution in [0.4, 0.5) is 5.69 Å². The van der Waals surface area contributed by atoms with Gasteiger partial charge in [0.25, 0.3) is 0 Å². The summed E-state index contributed by atoms with van der Waals surface area (Å²) in [7, 11) is 0. The monoisotopic (exact) mass is 383 g/mol. The SMILES string of the molecule is C/C(=N\NC(=S)Nc1cccc(Cl)c1C)c1ccc(-n2ccnc2)cc1. The van der Waals surface area contributed by atoms with E-state index in [4.69, 9.17) is 23.8 Å². The van der Waals surface area contributed by atoms with Crippen molar-refractivity contribution in [2.75, 3.05) is 5.32 Å². The number of hydrogen-bond donors (Lipinski definition) is 2. The molecule has 26 heavy (non-hydrogen) atoms. The molecule has 0 saturated heterocycles. The van der Waals surface area contributed by atoms with Gasteiger partial charge in [-0.25, -0.2) is 4.98 Å². The first kappa shape index (κ1) is 18.1. The van der Waals surface area contributed by atoms with Crippen LogP contribution in [0.5, 0.6) is 0 Å². The molecule has 2 aromatic carbocycles. The van der Waals surface area contributed by atoms with Crippen molar-refractivity contribution in [3.05, 3.63) is 77.3 Å². The molecule has 0 unspecified atom stereocenters. The van der Waals surface area contributed by atoms with Crippen molar-refractivity contribution in [3.63, 3.8) is 0 Å². The van der Waals surface area contributed by atoms with Gasteiger partial charge in [0.05, 0.1) is 12.0 Å². The Morgan fingerprint density at radius 2 is 1.96 bits per heavy atom. The third-order valence-electron chi connectivity index (χ3n) is 3.93. The Hall–Kier alpha value is -2.70. The van der Waals surface area contributed by atoms with Gasteiger partial charge in [0, 0.05) is 28.8 Å². The average molecular weight is 384 g/mol. The second-order valence-corrected chi connectivity index (χ2v) is 6.51. The molecule has 0 saturated carbocycles. The highest BCUT2D eigenvalue weighted by Crippen LogP contribution is 2.22. The van der Waals surface area contributed by atoms with E-state index in [-0.39, 0.29) is 0 Å². The number of anilines is 1. The predicted octanol–water partition coefficient (Wildman–Crippen LogP) is 4.54. The van der Waals surface area contributed by atoms with E-state index in [1.807, 2.05) is 67.1 Å². The lowest BCUT2D eigenvalue weighted by molar-refractivity contribution is 1.03. The standard InChI is InChI=1S/C19H18ClN5S/c1-13-17(20)4-3-5-18(13)22-19(26)24-23-14(2)15-6-8-16(9-7-15)25-11-10-21-12-25/h3-12H,1-2H3,(H2,22,24,26)/b23-14+. The van der Waals surface area contributed by atoms with E-state index in [1.54, 1.807) is 12.5 Å². The summed E-state index contributed by atoms with van der Waals surface area (Å²) in [5, 5.41) is 8.55. The highest BCUT2D eigenvalue weighted by Gasteiger charge is 2.04. The van der Waals surface area contributed by atoms with Gasteiger partial charge in [0.1, 0.15) is 0 Å². The van der Waals surface area contributed by atoms with E-state index in [9.17, 15) is 0 Å². The van der Waals surface area contributed by atoms with Gasteiger partial charge in [-0.3, -0.25) is 5.43 Å². The highest BCUT2D eigenvalue weighted by molar-refractivity contribution is 7.80. The van der Waals surface area contributed by atoms with Gasteiger partial charge in [-0.1, -0.05) is 29.8 Å². The van der Waals surface area contributed by atoms with Crippen LogP contribution in [0.3, 0.4) is 0 Å². The summed E-state index contributed by atoms with van der Waals surface area (Å²) in [6.45, 7) is 3.86. The molecule has 0 bridgehead atoms. The lowest BCUT2D eigenvalue weighted by atomic mass is 10.1. The number of nitrogens with one attached hydrogen (secondary N) is 2. The van der Waals surface area contributed by atoms with Crippen LogP contribution in [-0.4, -0.2) is 20.4 Å². The van der Waals surface area contributed by atoms with E-state index in [2.05, 4.69) is 20.8 Å². The Morgan fingerprint density at radius 1 is 1.19 bits per heavy atom. The maximum atomic E-state index is 6.12. The molecule has 0 aliphatic heterocycles. The zero-order chi connectivity index (χ0) is 18.5. The molecule has 0 atom stereocenters. The number of nitrogens with zero attached hydrogens (tertiary/aromatic N) is 3. The third-order valence-corrected chi connectivity index (χ3v) is 4.53. The van der Waals surface area contributed by atoms with E-state index in [0.29, 0.717) is 10.1 Å². The van der Waals surface area contributed by atoms with Crippen LogP contribution in [0.2, 0.25) is 5.02 Å². The van der Waals surface area contributed by atoms with Crippen LogP contribution >= 0.6 is 23.8 Å². The van der Waals surface area contributed by atoms with Gasteiger partial charge in [-0.05, 0) is 61.5 Å². The molecule has 0 aliphatic rings. The van der Waals surface area contributed by atoms with Crippen molar-refractivity contribution >= 4 is 40.3 Å². The Labute approximate surface area is 162 Å². The first-order valence-electron chi connectivity index (χ1n) is 8.00. The van der Waals surface area contributed by atoms with Crippen molar-refractivity contribution in [1.29, 1.82) is 0 Å². The quantitative estimate of drug-likeness (QED) is 0.394. The maximum absolute atomic E-state index is 6.12. The Bertz CT molecular complexity index is 933. The van der Waals surface area contributed by atoms with Gasteiger partial charge in [0.15, 0.2) is 5.11 Å². The normalized spacial score (nSPS) is 11.3. The minimum Gasteiger partial charge on any atom is -0.331 e. The number of hydrogen-bond acceptors (Lipinski definition) is 3. The topological polar surface area (TPSA) is 54.2 Å². The molecule has 0 fully saturated rings. The summed E-state index contributed by atoms with van der Waals surface area (Å²) < 4.78 is 1.95. The Balaban J connectivity index is 1.64. The molecule has 1 aromatic heterocycles. The van der Waals surface area contributed by atoms with E-state index in [1.165, 1.54) is 0 Å². The van der Waals surface area contributed by atoms with Crippen molar-refractivity contribution in [1.82, 2.24) is 15.0 Å². The predicted molar refractivity (Wildman–Crippen MR) is 111 cm³/mol. The van der Waals surface area contributed by atoms with Gasteiger partial charge in [0.2, 0.25) is 0 Å². The minimum atomic E-state index is 0.407. The lowest BCUT2D eigenvalue weighted by Crippen LogP contribution is -2.25. The highest BCUT2D eigenvalue weighted by atomic mass is 35.5. The molecule has 3 aromatic rings. The van der Waals surface area contributed by atoms with Crippen LogP contribution in [0, 0.1) is 6.92 Å². The summed E-state index contributed by atoms with van der Waals surface area (Å²) in [5.41, 5.74) is 7.53. The number of benzene rings is 2. The van der Waals surface area contributed by atoms with Gasteiger partial charge >= 0.3 is 0 Å². The summed E-state index contributed by atoms with van der Waals surface area (Å²) >= 11 is 11.4. The number of thiocarbonyl (C=S) groups is 1. The molecular weight excluding hydrogens is 366 g/mol. The zero-order valence-corrected chi connectivity index (χ0v) is 16.0. The Morgan fingerprint density at radius 3 is 2.65 bits per heavy atom. The van der Waals surface area contributed by atoms with Crippen molar-refractivity contribution in [2.24, 2.45) is 5.10 Å². The van der Waals surface area contributed by atoms with Gasteiger partial charge < -0.3 is 9.88 Å². The summed E-state index contributed by atoms with van der Waals surface area (Å²) in [6, 6.07) is 13.7. The van der Waals surface area contributed by atoms with Crippen LogP contribution in [0.1, 0.15) is 18.1 Å². The second kappa shape index (κ2) is 8.12. The summed E-state index contributed by atoms with van der Waals surface area (Å²) in [5.74, 6) is 0. The fourth-order valence-electron chi connectivity index (χ4n) is 2.38. The molecule has 0 spiro atoms. The first-order valence-corrected chi connectivity index (χ1v) is 8.78. The minimum absolute atomic E-state index is 0.407. The smallest absolute Gasteiger partial charge is 0.191 e. The van der Waals surface area contributed by atoms with E-state index < -0.39 is 0 Å². The molecule has 7 heteroatoms. The van der Waals surface area contributed by atoms with Crippen LogP contribution in [0.25, 0.3) is 5.69 Å². The molecular formula is C19H18ClN5S. The summed E-state index contributed by atoms with van der Waals surface area (Å²) in [6.07, 6.45) is 5.42. The van der Waals surface area contributed by atoms with Gasteiger partial charge in [-0.15, -0.1) is 0 Å². The molecule has 5 nitrogen and oxygen atoms in total. The average Bonchev–Trinajstić information content (AvgIpc) is 3.18. The largest absolute Gasteiger partial charge is 0.331 e. The molecule has 3 rings (SSSR count). The van der Waals surface area contributed by atoms with E-state index in [0.717, 1.165) is 28.2 Å². The third kappa shape index (κ3) is 4.28. The van der Waals surface area contributed by atoms with E-state index >= 15 is 0 Å². The number of rotatable bonds is 4. The second-order valence-electron chi connectivity index (χ2n) is 5.69. The summed E-state index contributed by atoms with van der Waals surface area (Å²) in [4.78, 5) is 4.05. The lowest BCUT2D eigenvalue weighted by Gasteiger charge is -2.11. The number of halogens is 1. The fourth-order valence-corrected chi connectivity index (χ4v) is 2.71. The molecule has 2 N–H and O–H groups in total. The number of aromatic nitrogens is 2. The maximum Gasteiger partial charge on any atom is 0.191 e. The Kier molecular flexibility index (Phi) is 5.65. The van der Waals surface area contributed by atoms with Gasteiger partial charge in [-0.2, -0.15) is 5.10 Å². The molecule has 0 amide bonds. The van der Waals surface area contributed by atoms with Crippen molar-refractivity contribution < 1.29 is 0 Å². The van der Waals surface area contributed by atoms with Crippen LogP contribution < -0.4 is 10.7 Å². The van der Waals surface area contributed by atoms with Crippen LogP contribution in [-0.2, 0) is 0 Å². The molecule has 0 aliphatic carbocycles. The number of hydrazone groups is 1. The molecule has 1 heterocycles. The molecule has 132 valence electrons. The number of imidazole rings is 1. The fraction of sp³-hybridized carbons (Fsp3) is 0.105. The van der Waals surface area contributed by atoms with Crippen LogP contribution in [0.15, 0.2) is 66.3 Å². The van der Waals surface area contributed by atoms with Crippen molar-refractivity contribution in [3.8, 4) is 5.69 Å². The molecule has 0 radical (unpaired) electrons. The first-order chi connectivity index (χ1) is 12.5.